The standard InChI is InChI=1S/C11H15FO/c1-8(2)10-6-4-5-9(13-3)7-11(10)12/h5-8H,4H2,1-3H3. The summed E-state index contributed by atoms with van der Waals surface area (Å²) in [5, 5.41) is 0. The summed E-state index contributed by atoms with van der Waals surface area (Å²) in [5.74, 6) is 0.644. The Bertz CT molecular complexity index is 272. The zero-order valence-corrected chi connectivity index (χ0v) is 8.30. The molecule has 1 nitrogen and oxygen atoms in total. The van der Waals surface area contributed by atoms with Gasteiger partial charge in [0.1, 0.15) is 11.6 Å². The smallest absolute Gasteiger partial charge is 0.130 e. The van der Waals surface area contributed by atoms with Crippen molar-refractivity contribution in [2.75, 3.05) is 7.11 Å². The van der Waals surface area contributed by atoms with Gasteiger partial charge in [-0.05, 0) is 24.0 Å². The molecule has 0 heterocycles. The Kier molecular flexibility index (Phi) is 3.29. The van der Waals surface area contributed by atoms with Crippen LogP contribution in [-0.4, -0.2) is 7.11 Å². The van der Waals surface area contributed by atoms with Gasteiger partial charge >= 0.3 is 0 Å². The second kappa shape index (κ2) is 4.26. The van der Waals surface area contributed by atoms with Crippen molar-refractivity contribution in [2.24, 2.45) is 5.92 Å². The highest BCUT2D eigenvalue weighted by atomic mass is 19.1. The molecule has 0 radical (unpaired) electrons. The van der Waals surface area contributed by atoms with Crippen molar-refractivity contribution in [2.45, 2.75) is 20.3 Å². The number of allylic oxidation sites excluding steroid dienone is 5. The van der Waals surface area contributed by atoms with Crippen LogP contribution in [0, 0.1) is 5.92 Å². The van der Waals surface area contributed by atoms with Gasteiger partial charge in [0.15, 0.2) is 0 Å². The van der Waals surface area contributed by atoms with Crippen LogP contribution in [0.3, 0.4) is 0 Å². The van der Waals surface area contributed by atoms with Gasteiger partial charge in [0.2, 0.25) is 0 Å². The molecule has 72 valence electrons. The first-order valence-corrected chi connectivity index (χ1v) is 4.47. The molecule has 0 aromatic heterocycles. The third kappa shape index (κ3) is 2.44. The third-order valence-corrected chi connectivity index (χ3v) is 2.06. The van der Waals surface area contributed by atoms with Crippen molar-refractivity contribution < 1.29 is 9.13 Å². The Labute approximate surface area is 78.6 Å². The van der Waals surface area contributed by atoms with Crippen LogP contribution in [0.4, 0.5) is 4.39 Å². The summed E-state index contributed by atoms with van der Waals surface area (Å²) in [6.07, 6.45) is 5.96. The molecule has 0 fully saturated rings. The van der Waals surface area contributed by atoms with E-state index >= 15 is 0 Å². The minimum absolute atomic E-state index is 0.180. The van der Waals surface area contributed by atoms with Crippen molar-refractivity contribution >= 4 is 0 Å². The molecule has 1 rings (SSSR count). The maximum absolute atomic E-state index is 13.5. The SMILES string of the molecule is COC1=CCC=C(C(C)C)C(F)=C1. The first-order valence-electron chi connectivity index (χ1n) is 4.47. The van der Waals surface area contributed by atoms with E-state index in [1.165, 1.54) is 6.08 Å². The van der Waals surface area contributed by atoms with Crippen molar-refractivity contribution in [3.05, 3.63) is 35.4 Å². The highest BCUT2D eigenvalue weighted by Gasteiger charge is 2.11. The fraction of sp³-hybridized carbons (Fsp3) is 0.455. The minimum Gasteiger partial charge on any atom is -0.497 e. The van der Waals surface area contributed by atoms with Crippen LogP contribution in [0.15, 0.2) is 35.4 Å². The molecular formula is C11H15FO. The van der Waals surface area contributed by atoms with E-state index in [2.05, 4.69) is 0 Å². The van der Waals surface area contributed by atoms with Gasteiger partial charge < -0.3 is 4.74 Å². The van der Waals surface area contributed by atoms with Crippen LogP contribution in [0.1, 0.15) is 20.3 Å². The monoisotopic (exact) mass is 182 g/mol. The maximum atomic E-state index is 13.5. The first kappa shape index (κ1) is 10.0. The lowest BCUT2D eigenvalue weighted by Gasteiger charge is -2.07. The van der Waals surface area contributed by atoms with E-state index in [1.807, 2.05) is 26.0 Å². The lowest BCUT2D eigenvalue weighted by molar-refractivity contribution is 0.304. The summed E-state index contributed by atoms with van der Waals surface area (Å²) in [6.45, 7) is 3.97. The third-order valence-electron chi connectivity index (χ3n) is 2.06. The Hall–Kier alpha value is -1.05. The molecule has 0 aromatic carbocycles. The second-order valence-electron chi connectivity index (χ2n) is 3.35. The van der Waals surface area contributed by atoms with E-state index in [4.69, 9.17) is 4.74 Å². The topological polar surface area (TPSA) is 9.23 Å². The molecular weight excluding hydrogens is 167 g/mol. The van der Waals surface area contributed by atoms with Crippen LogP contribution >= 0.6 is 0 Å². The fourth-order valence-corrected chi connectivity index (χ4v) is 1.32. The molecule has 0 N–H and O–H groups in total. The lowest BCUT2D eigenvalue weighted by Crippen LogP contribution is -1.94. The Morgan fingerprint density at radius 2 is 2.08 bits per heavy atom. The van der Waals surface area contributed by atoms with Crippen LogP contribution < -0.4 is 0 Å². The number of hydrogen-bond acceptors (Lipinski definition) is 1. The predicted octanol–water partition coefficient (Wildman–Crippen LogP) is 3.36. The Morgan fingerprint density at radius 3 is 2.62 bits per heavy atom. The lowest BCUT2D eigenvalue weighted by atomic mass is 10.0. The molecule has 0 bridgehead atoms. The van der Waals surface area contributed by atoms with Crippen LogP contribution in [0.25, 0.3) is 0 Å². The Balaban J connectivity index is 2.90. The summed E-state index contributed by atoms with van der Waals surface area (Å²) in [7, 11) is 1.55. The molecule has 0 saturated carbocycles. The van der Waals surface area contributed by atoms with Gasteiger partial charge in [-0.15, -0.1) is 0 Å². The van der Waals surface area contributed by atoms with Gasteiger partial charge in [0, 0.05) is 6.08 Å². The van der Waals surface area contributed by atoms with Crippen LogP contribution in [0.5, 0.6) is 0 Å². The van der Waals surface area contributed by atoms with E-state index < -0.39 is 0 Å². The van der Waals surface area contributed by atoms with E-state index in [9.17, 15) is 4.39 Å². The van der Waals surface area contributed by atoms with Crippen molar-refractivity contribution in [1.82, 2.24) is 0 Å². The molecule has 0 atom stereocenters. The summed E-state index contributed by atoms with van der Waals surface area (Å²) in [4.78, 5) is 0. The number of ether oxygens (including phenoxy) is 1. The molecule has 0 spiro atoms. The van der Waals surface area contributed by atoms with Gasteiger partial charge in [0.05, 0.1) is 7.11 Å². The maximum Gasteiger partial charge on any atom is 0.130 e. The average molecular weight is 182 g/mol. The van der Waals surface area contributed by atoms with E-state index in [0.29, 0.717) is 5.76 Å². The number of hydrogen-bond donors (Lipinski definition) is 0. The minimum atomic E-state index is -0.180. The largest absolute Gasteiger partial charge is 0.497 e. The van der Waals surface area contributed by atoms with E-state index in [-0.39, 0.29) is 11.7 Å². The van der Waals surface area contributed by atoms with Gasteiger partial charge in [-0.1, -0.05) is 19.9 Å². The zero-order valence-electron chi connectivity index (χ0n) is 8.30. The Morgan fingerprint density at radius 1 is 1.38 bits per heavy atom. The van der Waals surface area contributed by atoms with Crippen molar-refractivity contribution in [3.8, 4) is 0 Å². The summed E-state index contributed by atoms with van der Waals surface area (Å²) in [6, 6.07) is 0. The van der Waals surface area contributed by atoms with E-state index in [1.54, 1.807) is 7.11 Å². The van der Waals surface area contributed by atoms with Gasteiger partial charge in [-0.2, -0.15) is 0 Å². The summed E-state index contributed by atoms with van der Waals surface area (Å²) < 4.78 is 18.4. The molecule has 1 aliphatic rings. The van der Waals surface area contributed by atoms with Gasteiger partial charge in [-0.3, -0.25) is 0 Å². The summed E-state index contributed by atoms with van der Waals surface area (Å²) in [5.41, 5.74) is 0.767. The van der Waals surface area contributed by atoms with Gasteiger partial charge in [0.25, 0.3) is 0 Å². The molecule has 0 aliphatic heterocycles. The molecule has 1 aliphatic carbocycles. The molecule has 2 heteroatoms. The highest BCUT2D eigenvalue weighted by molar-refractivity contribution is 5.35. The predicted molar refractivity (Wildman–Crippen MR) is 51.8 cm³/mol. The summed E-state index contributed by atoms with van der Waals surface area (Å²) >= 11 is 0. The van der Waals surface area contributed by atoms with Crippen molar-refractivity contribution in [1.29, 1.82) is 0 Å². The molecule has 0 saturated heterocycles. The quantitative estimate of drug-likeness (QED) is 0.636. The zero-order chi connectivity index (χ0) is 9.84. The van der Waals surface area contributed by atoms with Crippen LogP contribution in [0.2, 0.25) is 0 Å². The first-order chi connectivity index (χ1) is 6.15. The fourth-order valence-electron chi connectivity index (χ4n) is 1.32. The van der Waals surface area contributed by atoms with Crippen molar-refractivity contribution in [3.63, 3.8) is 0 Å². The van der Waals surface area contributed by atoms with Crippen LogP contribution in [-0.2, 0) is 4.74 Å². The number of halogens is 1. The van der Waals surface area contributed by atoms with E-state index in [0.717, 1.165) is 12.0 Å². The molecule has 13 heavy (non-hydrogen) atoms. The highest BCUT2D eigenvalue weighted by Crippen LogP contribution is 2.25. The van der Waals surface area contributed by atoms with Gasteiger partial charge in [-0.25, -0.2) is 4.39 Å². The number of methoxy groups -OCH3 is 1. The molecule has 0 aromatic rings. The normalized spacial score (nSPS) is 17.5. The molecule has 0 amide bonds. The molecule has 0 unspecified atom stereocenters. The number of rotatable bonds is 2. The second-order valence-corrected chi connectivity index (χ2v) is 3.35. The average Bonchev–Trinajstić information content (AvgIpc) is 2.26.